The number of imidazole rings is 1. The fraction of sp³-hybridized carbons (Fsp3) is 0.400. The molecule has 0 radical (unpaired) electrons. The van der Waals surface area contributed by atoms with Gasteiger partial charge in [-0.1, -0.05) is 0 Å². The Morgan fingerprint density at radius 3 is 3.18 bits per heavy atom. The van der Waals surface area contributed by atoms with Crippen molar-refractivity contribution in [2.24, 2.45) is 7.05 Å². The Morgan fingerprint density at radius 1 is 1.65 bits per heavy atom. The highest BCUT2D eigenvalue weighted by Crippen LogP contribution is 1.93. The molecule has 2 heterocycles. The smallest absolute Gasteiger partial charge is 0.348 e. The summed E-state index contributed by atoms with van der Waals surface area (Å²) in [5.41, 5.74) is 0.783. The number of rotatable bonds is 5. The van der Waals surface area contributed by atoms with Crippen molar-refractivity contribution in [3.05, 3.63) is 30.6 Å². The van der Waals surface area contributed by atoms with Gasteiger partial charge in [0.15, 0.2) is 6.54 Å². The van der Waals surface area contributed by atoms with Crippen molar-refractivity contribution < 1.29 is 14.1 Å². The van der Waals surface area contributed by atoms with Gasteiger partial charge in [-0.25, -0.2) is 13.9 Å². The van der Waals surface area contributed by atoms with Gasteiger partial charge in [0.25, 0.3) is 0 Å². The number of aromatic nitrogens is 5. The summed E-state index contributed by atoms with van der Waals surface area (Å²) in [7, 11) is 1.90. The third-order valence-corrected chi connectivity index (χ3v) is 2.22. The number of carbonyl (C=O) groups excluding carboxylic acids is 1. The molecule has 0 aromatic carbocycles. The molecule has 1 N–H and O–H groups in total. The zero-order valence-corrected chi connectivity index (χ0v) is 9.54. The molecule has 0 atom stereocenters. The van der Waals surface area contributed by atoms with Crippen LogP contribution in [0.25, 0.3) is 0 Å². The van der Waals surface area contributed by atoms with E-state index in [1.54, 1.807) is 10.8 Å². The fourth-order valence-electron chi connectivity index (χ4n) is 1.41. The van der Waals surface area contributed by atoms with E-state index in [9.17, 15) is 4.79 Å². The minimum Gasteiger partial charge on any atom is -0.462 e. The van der Waals surface area contributed by atoms with E-state index in [2.05, 4.69) is 15.4 Å². The van der Waals surface area contributed by atoms with Gasteiger partial charge in [-0.2, -0.15) is 15.4 Å². The Balaban J connectivity index is 1.71. The second-order valence-electron chi connectivity index (χ2n) is 3.68. The van der Waals surface area contributed by atoms with Gasteiger partial charge in [0.2, 0.25) is 6.33 Å². The summed E-state index contributed by atoms with van der Waals surface area (Å²) in [6.45, 7) is 0.540. The molecule has 0 bridgehead atoms. The highest BCUT2D eigenvalue weighted by Gasteiger charge is 2.09. The number of nitrogens with zero attached hydrogens (tertiary/aromatic N) is 4. The van der Waals surface area contributed by atoms with Crippen LogP contribution >= 0.6 is 0 Å². The number of hydrogen-bond acceptors (Lipinski definition) is 4. The van der Waals surface area contributed by atoms with E-state index < -0.39 is 0 Å². The zero-order valence-electron chi connectivity index (χ0n) is 9.54. The molecule has 0 aliphatic heterocycles. The first-order valence-electron chi connectivity index (χ1n) is 5.25. The molecule has 7 nitrogen and oxygen atoms in total. The van der Waals surface area contributed by atoms with Crippen LogP contribution in [0, 0.1) is 0 Å². The predicted octanol–water partition coefficient (Wildman–Crippen LogP) is -0.783. The number of ether oxygens (including phenoxy) is 1. The fourth-order valence-corrected chi connectivity index (χ4v) is 1.41. The lowest BCUT2D eigenvalue weighted by atomic mass is 10.3. The molecule has 90 valence electrons. The Morgan fingerprint density at radius 2 is 2.53 bits per heavy atom. The molecule has 2 rings (SSSR count). The molecule has 0 amide bonds. The number of aryl methyl sites for hydroxylation is 1. The molecule has 2 aromatic heterocycles. The standard InChI is InChI=1S/C10H14N5O2/c1-14-3-4-15(8-14)7-10(16)17-5-2-9-6-11-13-12-9/h3-4,6,8H,2,5,7H2,1H3,(H,11,12,13)/q+1. The molecule has 0 aliphatic rings. The second kappa shape index (κ2) is 5.24. The summed E-state index contributed by atoms with van der Waals surface area (Å²) in [4.78, 5) is 11.5. The summed E-state index contributed by atoms with van der Waals surface area (Å²) in [6.07, 6.45) is 7.68. The zero-order chi connectivity index (χ0) is 12.1. The van der Waals surface area contributed by atoms with E-state index in [0.717, 1.165) is 5.69 Å². The van der Waals surface area contributed by atoms with Gasteiger partial charge < -0.3 is 4.74 Å². The van der Waals surface area contributed by atoms with Crippen LogP contribution in [0.15, 0.2) is 24.9 Å². The van der Waals surface area contributed by atoms with Crippen molar-refractivity contribution in [2.45, 2.75) is 13.0 Å². The lowest BCUT2D eigenvalue weighted by Gasteiger charge is -2.00. The second-order valence-corrected chi connectivity index (χ2v) is 3.68. The minimum atomic E-state index is -0.260. The van der Waals surface area contributed by atoms with Crippen molar-refractivity contribution in [1.29, 1.82) is 0 Å². The molecule has 0 aliphatic carbocycles. The van der Waals surface area contributed by atoms with Crippen LogP contribution in [-0.4, -0.2) is 32.6 Å². The molecule has 0 saturated carbocycles. The molecular weight excluding hydrogens is 222 g/mol. The SMILES string of the molecule is C[n+]1ccn(CC(=O)OCCc2cn[nH]n2)c1. The van der Waals surface area contributed by atoms with Crippen LogP contribution in [0.2, 0.25) is 0 Å². The van der Waals surface area contributed by atoms with E-state index in [-0.39, 0.29) is 12.5 Å². The van der Waals surface area contributed by atoms with E-state index in [1.807, 2.05) is 30.3 Å². The number of esters is 1. The summed E-state index contributed by atoms with van der Waals surface area (Å²) >= 11 is 0. The minimum absolute atomic E-state index is 0.222. The Bertz CT molecular complexity index is 477. The van der Waals surface area contributed by atoms with Gasteiger partial charge in [0.05, 0.1) is 25.5 Å². The number of aromatic amines is 1. The average Bonchev–Trinajstić information content (AvgIpc) is 2.90. The van der Waals surface area contributed by atoms with Crippen molar-refractivity contribution in [3.63, 3.8) is 0 Å². The van der Waals surface area contributed by atoms with Gasteiger partial charge in [-0.15, -0.1) is 0 Å². The highest BCUT2D eigenvalue weighted by molar-refractivity contribution is 5.69. The summed E-state index contributed by atoms with van der Waals surface area (Å²) in [6, 6.07) is 0. The van der Waals surface area contributed by atoms with Crippen LogP contribution < -0.4 is 4.57 Å². The maximum absolute atomic E-state index is 11.5. The highest BCUT2D eigenvalue weighted by atomic mass is 16.5. The van der Waals surface area contributed by atoms with Gasteiger partial charge in [0, 0.05) is 6.42 Å². The normalized spacial score (nSPS) is 10.4. The first kappa shape index (κ1) is 11.3. The molecule has 0 saturated heterocycles. The average molecular weight is 236 g/mol. The van der Waals surface area contributed by atoms with Crippen molar-refractivity contribution >= 4 is 5.97 Å². The maximum atomic E-state index is 11.5. The largest absolute Gasteiger partial charge is 0.462 e. The van der Waals surface area contributed by atoms with Crippen LogP contribution in [0.5, 0.6) is 0 Å². The molecule has 0 fully saturated rings. The lowest BCUT2D eigenvalue weighted by molar-refractivity contribution is -0.671. The van der Waals surface area contributed by atoms with E-state index in [1.165, 1.54) is 0 Å². The van der Waals surface area contributed by atoms with Gasteiger partial charge in [-0.3, -0.25) is 0 Å². The van der Waals surface area contributed by atoms with E-state index in [0.29, 0.717) is 13.0 Å². The first-order valence-corrected chi connectivity index (χ1v) is 5.25. The Kier molecular flexibility index (Phi) is 3.49. The Hall–Kier alpha value is -2.18. The molecular formula is C10H14N5O2+. The molecule has 0 spiro atoms. The van der Waals surface area contributed by atoms with Gasteiger partial charge in [-0.05, 0) is 0 Å². The summed E-state index contributed by atoms with van der Waals surface area (Å²) in [5.74, 6) is -0.260. The molecule has 2 aromatic rings. The monoisotopic (exact) mass is 236 g/mol. The third-order valence-electron chi connectivity index (χ3n) is 2.22. The van der Waals surface area contributed by atoms with Gasteiger partial charge in [0.1, 0.15) is 12.4 Å². The van der Waals surface area contributed by atoms with Crippen LogP contribution in [0.3, 0.4) is 0 Å². The van der Waals surface area contributed by atoms with E-state index in [4.69, 9.17) is 4.74 Å². The van der Waals surface area contributed by atoms with Gasteiger partial charge >= 0.3 is 5.97 Å². The molecule has 7 heteroatoms. The predicted molar refractivity (Wildman–Crippen MR) is 56.7 cm³/mol. The van der Waals surface area contributed by atoms with Crippen molar-refractivity contribution in [3.8, 4) is 0 Å². The van der Waals surface area contributed by atoms with Crippen LogP contribution in [-0.2, 0) is 29.5 Å². The number of carbonyl (C=O) groups is 1. The quantitative estimate of drug-likeness (QED) is 0.545. The Labute approximate surface area is 98.0 Å². The van der Waals surface area contributed by atoms with Crippen LogP contribution in [0.1, 0.15) is 5.69 Å². The molecule has 0 unspecified atom stereocenters. The van der Waals surface area contributed by atoms with E-state index >= 15 is 0 Å². The maximum Gasteiger partial charge on any atom is 0.348 e. The van der Waals surface area contributed by atoms with Crippen molar-refractivity contribution in [2.75, 3.05) is 6.61 Å². The van der Waals surface area contributed by atoms with Crippen molar-refractivity contribution in [1.82, 2.24) is 20.0 Å². The number of H-pyrrole nitrogens is 1. The third kappa shape index (κ3) is 3.40. The van der Waals surface area contributed by atoms with Crippen LogP contribution in [0.4, 0.5) is 0 Å². The first-order chi connectivity index (χ1) is 8.24. The summed E-state index contributed by atoms with van der Waals surface area (Å²) < 4.78 is 8.70. The number of nitrogens with one attached hydrogen (secondary N) is 1. The summed E-state index contributed by atoms with van der Waals surface area (Å²) in [5, 5.41) is 10.0. The number of hydrogen-bond donors (Lipinski definition) is 1. The topological polar surface area (TPSA) is 76.7 Å². The molecule has 17 heavy (non-hydrogen) atoms. The lowest BCUT2D eigenvalue weighted by Crippen LogP contribution is -2.24.